The molecule has 5 heteroatoms. The van der Waals surface area contributed by atoms with E-state index in [0.29, 0.717) is 18.7 Å². The minimum Gasteiger partial charge on any atom is -0.338 e. The zero-order chi connectivity index (χ0) is 18.4. The van der Waals surface area contributed by atoms with E-state index in [1.807, 2.05) is 66.4 Å². The molecule has 0 saturated carbocycles. The number of hydrogen-bond donors (Lipinski definition) is 2. The van der Waals surface area contributed by atoms with Crippen LogP contribution in [-0.4, -0.2) is 36.5 Å². The summed E-state index contributed by atoms with van der Waals surface area (Å²) in [7, 11) is 0. The Bertz CT molecular complexity index is 761. The second kappa shape index (κ2) is 8.52. The van der Waals surface area contributed by atoms with Gasteiger partial charge in [-0.3, -0.25) is 4.79 Å². The number of likely N-dealkylation sites (tertiary alicyclic amines) is 1. The highest BCUT2D eigenvalue weighted by Gasteiger charge is 2.24. The second-order valence-electron chi connectivity index (χ2n) is 6.57. The molecule has 3 rings (SSSR count). The Kier molecular flexibility index (Phi) is 5.89. The number of carbonyl (C=O) groups is 2. The first-order valence-electron chi connectivity index (χ1n) is 9.16. The summed E-state index contributed by atoms with van der Waals surface area (Å²) in [5.41, 5.74) is 2.53. The minimum absolute atomic E-state index is 0.00447. The van der Waals surface area contributed by atoms with Crippen LogP contribution in [0.2, 0.25) is 0 Å². The molecule has 1 fully saturated rings. The van der Waals surface area contributed by atoms with Crippen LogP contribution in [0.3, 0.4) is 0 Å². The smallest absolute Gasteiger partial charge is 0.317 e. The average molecular weight is 351 g/mol. The van der Waals surface area contributed by atoms with E-state index in [1.54, 1.807) is 0 Å². The van der Waals surface area contributed by atoms with Gasteiger partial charge in [0.15, 0.2) is 0 Å². The summed E-state index contributed by atoms with van der Waals surface area (Å²) in [6.07, 6.45) is 2.00. The number of carbonyl (C=O) groups excluding carboxylic acids is 2. The number of amides is 3. The van der Waals surface area contributed by atoms with Gasteiger partial charge in [-0.25, -0.2) is 4.79 Å². The molecule has 2 N–H and O–H groups in total. The maximum absolute atomic E-state index is 12.5. The van der Waals surface area contributed by atoms with E-state index >= 15 is 0 Å². The third kappa shape index (κ3) is 4.42. The van der Waals surface area contributed by atoms with Crippen LogP contribution in [0.4, 0.5) is 10.5 Å². The van der Waals surface area contributed by atoms with Gasteiger partial charge < -0.3 is 15.5 Å². The Morgan fingerprint density at radius 2 is 1.92 bits per heavy atom. The summed E-state index contributed by atoms with van der Waals surface area (Å²) in [5, 5.41) is 5.79. The molecule has 1 aliphatic rings. The number of nitrogens with one attached hydrogen (secondary N) is 2. The Balaban J connectivity index is 1.70. The highest BCUT2D eigenvalue weighted by Crippen LogP contribution is 2.27. The summed E-state index contributed by atoms with van der Waals surface area (Å²) in [5.74, 6) is 0.144. The molecule has 1 atom stereocenters. The van der Waals surface area contributed by atoms with Crippen LogP contribution < -0.4 is 10.6 Å². The summed E-state index contributed by atoms with van der Waals surface area (Å²) in [4.78, 5) is 26.5. The van der Waals surface area contributed by atoms with E-state index in [9.17, 15) is 9.59 Å². The number of para-hydroxylation sites is 1. The number of benzene rings is 2. The molecule has 0 aromatic heterocycles. The first kappa shape index (κ1) is 18.0. The van der Waals surface area contributed by atoms with Crippen LogP contribution in [0.25, 0.3) is 0 Å². The SMILES string of the molecule is CCNC(=O)N1CCCC(c2cccc(C(=O)Nc3ccccc3)c2)C1. The van der Waals surface area contributed by atoms with Crippen molar-refractivity contribution >= 4 is 17.6 Å². The van der Waals surface area contributed by atoms with E-state index in [-0.39, 0.29) is 17.9 Å². The lowest BCUT2D eigenvalue weighted by molar-refractivity contribution is 0.102. The number of piperidine rings is 1. The van der Waals surface area contributed by atoms with Crippen LogP contribution in [0.1, 0.15) is 41.6 Å². The Morgan fingerprint density at radius 1 is 1.12 bits per heavy atom. The number of anilines is 1. The fraction of sp³-hybridized carbons (Fsp3) is 0.333. The van der Waals surface area contributed by atoms with Crippen molar-refractivity contribution in [2.75, 3.05) is 25.0 Å². The number of urea groups is 1. The van der Waals surface area contributed by atoms with E-state index in [0.717, 1.165) is 30.6 Å². The van der Waals surface area contributed by atoms with Crippen LogP contribution in [0, 0.1) is 0 Å². The molecule has 3 amide bonds. The van der Waals surface area contributed by atoms with Gasteiger partial charge in [-0.2, -0.15) is 0 Å². The molecular weight excluding hydrogens is 326 g/mol. The molecule has 1 saturated heterocycles. The largest absolute Gasteiger partial charge is 0.338 e. The molecular formula is C21H25N3O2. The third-order valence-electron chi connectivity index (χ3n) is 4.69. The lowest BCUT2D eigenvalue weighted by Crippen LogP contribution is -2.44. The van der Waals surface area contributed by atoms with Gasteiger partial charge in [-0.1, -0.05) is 30.3 Å². The lowest BCUT2D eigenvalue weighted by Gasteiger charge is -2.33. The van der Waals surface area contributed by atoms with Gasteiger partial charge in [0, 0.05) is 36.8 Å². The minimum atomic E-state index is -0.116. The predicted molar refractivity (Wildman–Crippen MR) is 103 cm³/mol. The Hall–Kier alpha value is -2.82. The van der Waals surface area contributed by atoms with Crippen molar-refractivity contribution in [2.45, 2.75) is 25.7 Å². The standard InChI is InChI=1S/C21H25N3O2/c1-2-22-21(26)24-13-7-10-18(15-24)16-8-6-9-17(14-16)20(25)23-19-11-4-3-5-12-19/h3-6,8-9,11-12,14,18H,2,7,10,13,15H2,1H3,(H,22,26)(H,23,25). The fourth-order valence-electron chi connectivity index (χ4n) is 3.36. The van der Waals surface area contributed by atoms with Crippen molar-refractivity contribution in [2.24, 2.45) is 0 Å². The Morgan fingerprint density at radius 3 is 2.69 bits per heavy atom. The van der Waals surface area contributed by atoms with Crippen molar-refractivity contribution in [3.63, 3.8) is 0 Å². The topological polar surface area (TPSA) is 61.4 Å². The average Bonchev–Trinajstić information content (AvgIpc) is 2.69. The number of hydrogen-bond acceptors (Lipinski definition) is 2. The van der Waals surface area contributed by atoms with E-state index in [4.69, 9.17) is 0 Å². The molecule has 0 bridgehead atoms. The van der Waals surface area contributed by atoms with Crippen molar-refractivity contribution < 1.29 is 9.59 Å². The van der Waals surface area contributed by atoms with Crippen molar-refractivity contribution in [3.8, 4) is 0 Å². The van der Waals surface area contributed by atoms with E-state index in [1.165, 1.54) is 0 Å². The van der Waals surface area contributed by atoms with Crippen LogP contribution in [0.5, 0.6) is 0 Å². The van der Waals surface area contributed by atoms with Gasteiger partial charge in [0.1, 0.15) is 0 Å². The number of rotatable bonds is 4. The van der Waals surface area contributed by atoms with Crippen LogP contribution >= 0.6 is 0 Å². The summed E-state index contributed by atoms with van der Waals surface area (Å²) in [6, 6.07) is 17.2. The fourth-order valence-corrected chi connectivity index (χ4v) is 3.36. The van der Waals surface area contributed by atoms with Gasteiger partial charge >= 0.3 is 6.03 Å². The second-order valence-corrected chi connectivity index (χ2v) is 6.57. The molecule has 2 aromatic carbocycles. The molecule has 2 aromatic rings. The zero-order valence-electron chi connectivity index (χ0n) is 15.1. The first-order valence-corrected chi connectivity index (χ1v) is 9.16. The molecule has 1 unspecified atom stereocenters. The maximum Gasteiger partial charge on any atom is 0.317 e. The number of nitrogens with zero attached hydrogens (tertiary/aromatic N) is 1. The van der Waals surface area contributed by atoms with Crippen LogP contribution in [0.15, 0.2) is 54.6 Å². The molecule has 0 spiro atoms. The van der Waals surface area contributed by atoms with Gasteiger partial charge in [0.25, 0.3) is 5.91 Å². The van der Waals surface area contributed by atoms with Crippen molar-refractivity contribution in [1.29, 1.82) is 0 Å². The molecule has 0 radical (unpaired) electrons. The summed E-state index contributed by atoms with van der Waals surface area (Å²) < 4.78 is 0. The first-order chi connectivity index (χ1) is 12.7. The zero-order valence-corrected chi connectivity index (χ0v) is 15.1. The molecule has 5 nitrogen and oxygen atoms in total. The van der Waals surface area contributed by atoms with Crippen molar-refractivity contribution in [3.05, 3.63) is 65.7 Å². The molecule has 1 heterocycles. The predicted octanol–water partition coefficient (Wildman–Crippen LogP) is 3.85. The van der Waals surface area contributed by atoms with E-state index < -0.39 is 0 Å². The van der Waals surface area contributed by atoms with Gasteiger partial charge in [0.2, 0.25) is 0 Å². The third-order valence-corrected chi connectivity index (χ3v) is 4.69. The molecule has 1 aliphatic heterocycles. The molecule has 136 valence electrons. The monoisotopic (exact) mass is 351 g/mol. The normalized spacial score (nSPS) is 16.8. The summed E-state index contributed by atoms with van der Waals surface area (Å²) in [6.45, 7) is 4.04. The maximum atomic E-state index is 12.5. The lowest BCUT2D eigenvalue weighted by atomic mass is 9.89. The van der Waals surface area contributed by atoms with Crippen molar-refractivity contribution in [1.82, 2.24) is 10.2 Å². The quantitative estimate of drug-likeness (QED) is 0.879. The van der Waals surface area contributed by atoms with Crippen LogP contribution in [-0.2, 0) is 0 Å². The highest BCUT2D eigenvalue weighted by molar-refractivity contribution is 6.04. The van der Waals surface area contributed by atoms with E-state index in [2.05, 4.69) is 10.6 Å². The van der Waals surface area contributed by atoms with Gasteiger partial charge in [0.05, 0.1) is 0 Å². The van der Waals surface area contributed by atoms with Gasteiger partial charge in [-0.05, 0) is 49.6 Å². The Labute approximate surface area is 154 Å². The highest BCUT2D eigenvalue weighted by atomic mass is 16.2. The molecule has 26 heavy (non-hydrogen) atoms. The molecule has 0 aliphatic carbocycles. The van der Waals surface area contributed by atoms with Gasteiger partial charge in [-0.15, -0.1) is 0 Å². The summed E-state index contributed by atoms with van der Waals surface area (Å²) >= 11 is 0.